The van der Waals surface area contributed by atoms with Gasteiger partial charge in [0.25, 0.3) is 0 Å². The maximum atomic E-state index is 5.98. The van der Waals surface area contributed by atoms with Gasteiger partial charge in [0.2, 0.25) is 0 Å². The second-order valence-electron chi connectivity index (χ2n) is 6.98. The molecule has 4 rings (SSSR count). The number of allylic oxidation sites excluding steroid dienone is 1. The molecule has 0 fully saturated rings. The largest absolute Gasteiger partial charge is 0.465 e. The van der Waals surface area contributed by atoms with E-state index in [1.807, 2.05) is 24.3 Å². The van der Waals surface area contributed by atoms with Crippen LogP contribution in [0, 0.1) is 0 Å². The Balaban J connectivity index is 1.90. The van der Waals surface area contributed by atoms with Crippen LogP contribution >= 0.6 is 34.7 Å². The second-order valence-corrected chi connectivity index (χ2v) is 9.65. The van der Waals surface area contributed by atoms with Gasteiger partial charge >= 0.3 is 6.01 Å². The molecule has 1 aliphatic rings. The van der Waals surface area contributed by atoms with Crippen LogP contribution in [0.4, 0.5) is 0 Å². The fraction of sp³-hybridized carbons (Fsp3) is 0.500. The van der Waals surface area contributed by atoms with E-state index in [2.05, 4.69) is 24.0 Å². The standard InChI is InChI=1S/C18H21ClN4O2S2/c1-5-24-16-20-15-13(11-8-18(3,4)25-9-12(11)27-15)14-21-22-17(23(14)16)26-7-6-10(2)19/h6H,5,7-9H2,1-4H3/b10-6+. The van der Waals surface area contributed by atoms with Crippen molar-refractivity contribution in [2.24, 2.45) is 0 Å². The van der Waals surface area contributed by atoms with Crippen molar-refractivity contribution in [1.82, 2.24) is 19.6 Å². The first-order valence-electron chi connectivity index (χ1n) is 8.81. The van der Waals surface area contributed by atoms with Crippen molar-refractivity contribution in [2.45, 2.75) is 51.5 Å². The van der Waals surface area contributed by atoms with E-state index in [9.17, 15) is 0 Å². The van der Waals surface area contributed by atoms with E-state index in [0.29, 0.717) is 25.0 Å². The van der Waals surface area contributed by atoms with Gasteiger partial charge in [-0.25, -0.2) is 4.40 Å². The average Bonchev–Trinajstić information content (AvgIpc) is 3.15. The molecule has 0 spiro atoms. The molecule has 1 aliphatic heterocycles. The molecule has 0 saturated carbocycles. The lowest BCUT2D eigenvalue weighted by Crippen LogP contribution is -2.31. The summed E-state index contributed by atoms with van der Waals surface area (Å²) in [6, 6.07) is 0.526. The maximum Gasteiger partial charge on any atom is 0.305 e. The van der Waals surface area contributed by atoms with Crippen LogP contribution in [0.15, 0.2) is 16.3 Å². The van der Waals surface area contributed by atoms with Crippen LogP contribution in [0.3, 0.4) is 0 Å². The number of ether oxygens (including phenoxy) is 2. The summed E-state index contributed by atoms with van der Waals surface area (Å²) in [5.41, 5.74) is 1.87. The Morgan fingerprint density at radius 1 is 1.44 bits per heavy atom. The predicted octanol–water partition coefficient (Wildman–Crippen LogP) is 4.82. The topological polar surface area (TPSA) is 61.5 Å². The molecule has 9 heteroatoms. The van der Waals surface area contributed by atoms with Crippen LogP contribution in [-0.4, -0.2) is 37.5 Å². The lowest BCUT2D eigenvalue weighted by molar-refractivity contribution is -0.0379. The van der Waals surface area contributed by atoms with Crippen LogP contribution in [0.1, 0.15) is 38.1 Å². The summed E-state index contributed by atoms with van der Waals surface area (Å²) in [6.07, 6.45) is 2.78. The minimum atomic E-state index is -0.198. The zero-order valence-corrected chi connectivity index (χ0v) is 18.1. The molecule has 0 amide bonds. The summed E-state index contributed by atoms with van der Waals surface area (Å²) >= 11 is 9.16. The fourth-order valence-corrected chi connectivity index (χ4v) is 5.27. The molecule has 0 radical (unpaired) electrons. The summed E-state index contributed by atoms with van der Waals surface area (Å²) in [5.74, 6) is 0.711. The third-order valence-electron chi connectivity index (χ3n) is 4.36. The van der Waals surface area contributed by atoms with E-state index < -0.39 is 0 Å². The third kappa shape index (κ3) is 3.55. The minimum Gasteiger partial charge on any atom is -0.465 e. The lowest BCUT2D eigenvalue weighted by atomic mass is 9.94. The Bertz CT molecular complexity index is 1040. The molecule has 0 saturated heterocycles. The number of hydrogen-bond donors (Lipinski definition) is 0. The number of thiophene rings is 1. The molecular weight excluding hydrogens is 404 g/mol. The number of halogens is 1. The average molecular weight is 425 g/mol. The summed E-state index contributed by atoms with van der Waals surface area (Å²) in [5, 5.41) is 11.5. The van der Waals surface area contributed by atoms with Gasteiger partial charge in [-0.15, -0.1) is 21.5 Å². The van der Waals surface area contributed by atoms with Crippen molar-refractivity contribution in [3.8, 4) is 6.01 Å². The van der Waals surface area contributed by atoms with Gasteiger partial charge in [0.1, 0.15) is 4.83 Å². The highest BCUT2D eigenvalue weighted by Gasteiger charge is 2.31. The molecule has 0 bridgehead atoms. The van der Waals surface area contributed by atoms with Gasteiger partial charge in [0, 0.05) is 22.1 Å². The lowest BCUT2D eigenvalue weighted by Gasteiger charge is -2.30. The number of fused-ring (bicyclic) bond motifs is 5. The van der Waals surface area contributed by atoms with E-state index in [0.717, 1.165) is 32.5 Å². The molecule has 0 atom stereocenters. The van der Waals surface area contributed by atoms with Crippen molar-refractivity contribution in [3.63, 3.8) is 0 Å². The first kappa shape index (κ1) is 19.0. The van der Waals surface area contributed by atoms with E-state index >= 15 is 0 Å². The highest BCUT2D eigenvalue weighted by atomic mass is 35.5. The molecule has 27 heavy (non-hydrogen) atoms. The molecule has 6 nitrogen and oxygen atoms in total. The Labute approximate surface area is 170 Å². The second kappa shape index (κ2) is 7.24. The van der Waals surface area contributed by atoms with Crippen LogP contribution in [0.5, 0.6) is 6.01 Å². The predicted molar refractivity (Wildman–Crippen MR) is 110 cm³/mol. The summed E-state index contributed by atoms with van der Waals surface area (Å²) in [6.45, 7) is 9.18. The normalized spacial score (nSPS) is 16.9. The number of hydrogen-bond acceptors (Lipinski definition) is 7. The molecule has 0 unspecified atom stereocenters. The summed E-state index contributed by atoms with van der Waals surface area (Å²) in [7, 11) is 0. The third-order valence-corrected chi connectivity index (χ3v) is 6.47. The Morgan fingerprint density at radius 3 is 3.00 bits per heavy atom. The molecule has 0 aliphatic carbocycles. The van der Waals surface area contributed by atoms with Gasteiger partial charge in [-0.3, -0.25) is 0 Å². The Hall–Kier alpha value is -1.35. The molecule has 0 N–H and O–H groups in total. The SMILES string of the molecule is CCOc1nc2sc3c(c2c2nnc(SC/C=C(\C)Cl)n12)CC(C)(C)OC3. The van der Waals surface area contributed by atoms with Crippen molar-refractivity contribution in [2.75, 3.05) is 12.4 Å². The van der Waals surface area contributed by atoms with Crippen molar-refractivity contribution in [3.05, 3.63) is 21.5 Å². The van der Waals surface area contributed by atoms with E-state index in [1.165, 1.54) is 10.4 Å². The minimum absolute atomic E-state index is 0.198. The highest BCUT2D eigenvalue weighted by Crippen LogP contribution is 2.41. The van der Waals surface area contributed by atoms with E-state index in [-0.39, 0.29) is 5.60 Å². The van der Waals surface area contributed by atoms with Gasteiger partial charge in [0.15, 0.2) is 10.8 Å². The van der Waals surface area contributed by atoms with Gasteiger partial charge in [-0.05, 0) is 33.3 Å². The monoisotopic (exact) mass is 424 g/mol. The number of thioether (sulfide) groups is 1. The molecule has 3 aromatic heterocycles. The van der Waals surface area contributed by atoms with Gasteiger partial charge in [-0.1, -0.05) is 29.4 Å². The van der Waals surface area contributed by atoms with Crippen molar-refractivity contribution in [1.29, 1.82) is 0 Å². The van der Waals surface area contributed by atoms with Crippen molar-refractivity contribution < 1.29 is 9.47 Å². The summed E-state index contributed by atoms with van der Waals surface area (Å²) < 4.78 is 13.7. The number of nitrogens with zero attached hydrogens (tertiary/aromatic N) is 4. The van der Waals surface area contributed by atoms with Gasteiger partial charge in [-0.2, -0.15) is 4.98 Å². The maximum absolute atomic E-state index is 5.98. The summed E-state index contributed by atoms with van der Waals surface area (Å²) in [4.78, 5) is 6.93. The van der Waals surface area contributed by atoms with Gasteiger partial charge in [0.05, 0.1) is 24.2 Å². The Morgan fingerprint density at radius 2 is 2.26 bits per heavy atom. The quantitative estimate of drug-likeness (QED) is 0.547. The Kier molecular flexibility index (Phi) is 5.09. The molecule has 3 aromatic rings. The number of rotatable bonds is 5. The number of aromatic nitrogens is 4. The zero-order valence-electron chi connectivity index (χ0n) is 15.7. The first-order chi connectivity index (χ1) is 12.9. The smallest absolute Gasteiger partial charge is 0.305 e. The molecule has 144 valence electrons. The molecule has 0 aromatic carbocycles. The van der Waals surface area contributed by atoms with Crippen LogP contribution in [-0.2, 0) is 17.8 Å². The molecular formula is C18H21ClN4O2S2. The highest BCUT2D eigenvalue weighted by molar-refractivity contribution is 7.99. The van der Waals surface area contributed by atoms with Crippen LogP contribution < -0.4 is 4.74 Å². The fourth-order valence-electron chi connectivity index (χ4n) is 3.14. The van der Waals surface area contributed by atoms with E-state index in [4.69, 9.17) is 26.1 Å². The van der Waals surface area contributed by atoms with Crippen molar-refractivity contribution >= 4 is 50.6 Å². The molecule has 4 heterocycles. The van der Waals surface area contributed by atoms with Crippen LogP contribution in [0.25, 0.3) is 15.9 Å². The first-order valence-corrected chi connectivity index (χ1v) is 11.0. The van der Waals surface area contributed by atoms with Crippen LogP contribution in [0.2, 0.25) is 0 Å². The van der Waals surface area contributed by atoms with Gasteiger partial charge < -0.3 is 9.47 Å². The van der Waals surface area contributed by atoms with E-state index in [1.54, 1.807) is 23.1 Å². The zero-order chi connectivity index (χ0) is 19.2.